The Labute approximate surface area is 379 Å². The molecule has 2 nitrogen and oxygen atoms in total. The predicted octanol–water partition coefficient (Wildman–Crippen LogP) is 14.9. The van der Waals surface area contributed by atoms with E-state index in [1.165, 1.54) is 0 Å². The Morgan fingerprint density at radius 2 is 1.05 bits per heavy atom. The molecular weight excluding hydrogens is 665 g/mol. The fourth-order valence-electron chi connectivity index (χ4n) is 6.04. The van der Waals surface area contributed by atoms with Gasteiger partial charge >= 0.3 is 0 Å². The van der Waals surface area contributed by atoms with E-state index in [1.807, 2.05) is 0 Å². The van der Waals surface area contributed by atoms with Crippen molar-refractivity contribution in [1.29, 1.82) is 0 Å². The fraction of sp³-hybridized carbons (Fsp3) is 0.0566. The zero-order valence-electron chi connectivity index (χ0n) is 67.4. The van der Waals surface area contributed by atoms with E-state index in [0.717, 1.165) is 0 Å². The van der Waals surface area contributed by atoms with Crippen molar-refractivity contribution in [3.05, 3.63) is 217 Å². The number of hydrogen-bond acceptors (Lipinski definition) is 2. The largest absolute Gasteiger partial charge is 0.310 e. The summed E-state index contributed by atoms with van der Waals surface area (Å²) in [6.45, 7) is -8.75. The van der Waals surface area contributed by atoms with Crippen LogP contribution in [0.1, 0.15) is 79.7 Å². The molecule has 0 aliphatic carbocycles. The average molecular weight is 745 g/mol. The van der Waals surface area contributed by atoms with E-state index in [9.17, 15) is 26.0 Å². The number of benzene rings is 9. The van der Waals surface area contributed by atoms with E-state index in [-0.39, 0.29) is 9.80 Å². The van der Waals surface area contributed by atoms with Gasteiger partial charge in [0.2, 0.25) is 0 Å². The third-order valence-corrected chi connectivity index (χ3v) is 8.42. The smallest absolute Gasteiger partial charge is 0.0645 e. The summed E-state index contributed by atoms with van der Waals surface area (Å²) < 4.78 is 367. The molecule has 0 amide bonds. The first-order valence-electron chi connectivity index (χ1n) is 35.8. The molecule has 0 N–H and O–H groups in total. The van der Waals surface area contributed by atoms with Gasteiger partial charge in [-0.25, -0.2) is 0 Å². The Balaban J connectivity index is 1.49. The highest BCUT2D eigenvalue weighted by Crippen LogP contribution is 2.55. The van der Waals surface area contributed by atoms with Crippen molar-refractivity contribution >= 4 is 55.7 Å². The number of hydrogen-bond donors (Lipinski definition) is 0. The lowest BCUT2D eigenvalue weighted by Crippen LogP contribution is -2.31. The fourth-order valence-corrected chi connectivity index (χ4v) is 6.04. The SMILES string of the molecule is [2H]c1c([2H])c([2H])c(-c2c([2H])c([2H])c3c([2H])c([2H])c([2H])c([2H])c3c2N2c3c([2H])c([2H])c([2H])c([2H])c3C(C([2H])([2H])[2H])(C([2H])([2H])[2H])c3c([2H])c(-c4c([2H])c([2H])c(N(c5c([2H])c([2H])c([2H])c([2H])c5[2H])c5c([2H])c([2H])c([2H])c6c([2H])c([2H])c([2H])c([2H])c56)c([2H])c4[2H])c([2H])c([2H])c32)c([2H])c1[2H]. The van der Waals surface area contributed by atoms with Crippen molar-refractivity contribution in [2.45, 2.75) is 19.1 Å². The van der Waals surface area contributed by atoms with Gasteiger partial charge in [0.1, 0.15) is 0 Å². The van der Waals surface area contributed by atoms with Gasteiger partial charge in [-0.3, -0.25) is 0 Å². The van der Waals surface area contributed by atoms with Crippen LogP contribution >= 0.6 is 0 Å². The van der Waals surface area contributed by atoms with Crippen molar-refractivity contribution in [2.75, 3.05) is 9.80 Å². The Bertz CT molecular complexity index is 4940. The molecule has 0 fully saturated rings. The summed E-state index contributed by atoms with van der Waals surface area (Å²) in [5, 5.41) is -3.83. The van der Waals surface area contributed by atoms with E-state index in [4.69, 9.17) is 28.8 Å². The van der Waals surface area contributed by atoms with Crippen molar-refractivity contribution in [1.82, 2.24) is 0 Å². The van der Waals surface area contributed by atoms with Gasteiger partial charge in [0, 0.05) is 41.4 Å². The van der Waals surface area contributed by atoms with Gasteiger partial charge in [-0.05, 0) is 86.9 Å². The van der Waals surface area contributed by atoms with Crippen LogP contribution in [0, 0.1) is 0 Å². The molecule has 9 aromatic rings. The second-order valence-corrected chi connectivity index (χ2v) is 11.5. The van der Waals surface area contributed by atoms with Crippen molar-refractivity contribution in [3.8, 4) is 22.3 Å². The molecule has 0 aromatic heterocycles. The third kappa shape index (κ3) is 5.49. The molecule has 262 valence electrons. The second kappa shape index (κ2) is 13.2. The van der Waals surface area contributed by atoms with Gasteiger partial charge in [0.15, 0.2) is 0 Å². The van der Waals surface area contributed by atoms with E-state index in [2.05, 4.69) is 0 Å². The summed E-state index contributed by atoms with van der Waals surface area (Å²) in [7, 11) is 0. The molecule has 55 heavy (non-hydrogen) atoms. The summed E-state index contributed by atoms with van der Waals surface area (Å²) in [4.78, 5) is 0.526. The molecule has 1 heterocycles. The first-order chi connectivity index (χ1) is 43.7. The van der Waals surface area contributed by atoms with Gasteiger partial charge in [0.25, 0.3) is 0 Å². The molecular formula is C53H40N2. The van der Waals surface area contributed by atoms with Gasteiger partial charge in [0.05, 0.1) is 69.4 Å². The highest BCUT2D eigenvalue weighted by molar-refractivity contribution is 6.07. The summed E-state index contributed by atoms with van der Waals surface area (Å²) in [5.41, 5.74) is -20.4. The molecule has 0 radical (unpaired) electrons. The van der Waals surface area contributed by atoms with Crippen LogP contribution in [0.25, 0.3) is 43.8 Å². The molecule has 0 unspecified atom stereocenters. The van der Waals surface area contributed by atoms with E-state index in [1.54, 1.807) is 0 Å². The average Bonchev–Trinajstić information content (AvgIpc) is 0.659. The van der Waals surface area contributed by atoms with Crippen molar-refractivity contribution < 1.29 is 54.8 Å². The minimum atomic E-state index is -4.37. The Morgan fingerprint density at radius 1 is 0.455 bits per heavy atom. The molecule has 1 aliphatic rings. The lowest BCUT2D eigenvalue weighted by atomic mass is 9.72. The van der Waals surface area contributed by atoms with Crippen molar-refractivity contribution in [2.24, 2.45) is 0 Å². The zero-order chi connectivity index (χ0) is 71.5. The minimum Gasteiger partial charge on any atom is -0.310 e. The van der Waals surface area contributed by atoms with E-state index < -0.39 is 314 Å². The number of rotatable bonds is 6. The first kappa shape index (κ1) is 11.3. The molecule has 1 aliphatic heterocycles. The summed E-state index contributed by atoms with van der Waals surface area (Å²) in [5.74, 6) is 0. The number of nitrogens with zero attached hydrogens (tertiary/aromatic N) is 2. The summed E-state index contributed by atoms with van der Waals surface area (Å²) >= 11 is 0. The Morgan fingerprint density at radius 3 is 1.84 bits per heavy atom. The number of anilines is 6. The molecule has 9 aromatic carbocycles. The third-order valence-electron chi connectivity index (χ3n) is 8.42. The van der Waals surface area contributed by atoms with Gasteiger partial charge in [-0.1, -0.05) is 171 Å². The maximum absolute atomic E-state index is 10.3. The topological polar surface area (TPSA) is 6.48 Å². The zero-order valence-corrected chi connectivity index (χ0v) is 27.4. The normalized spacial score (nSPS) is 23.7. The predicted molar refractivity (Wildman–Crippen MR) is 234 cm³/mol. The van der Waals surface area contributed by atoms with Gasteiger partial charge in [-0.15, -0.1) is 0 Å². The highest BCUT2D eigenvalue weighted by Gasteiger charge is 2.38. The maximum atomic E-state index is 10.3. The summed E-state index contributed by atoms with van der Waals surface area (Å²) in [6, 6.07) is -43.6. The van der Waals surface area contributed by atoms with Crippen LogP contribution in [0.2, 0.25) is 0 Å². The monoisotopic (exact) mass is 745 g/mol. The van der Waals surface area contributed by atoms with Crippen LogP contribution < -0.4 is 9.80 Å². The molecule has 0 atom stereocenters. The molecule has 2 heteroatoms. The Kier molecular flexibility index (Phi) is 2.72. The van der Waals surface area contributed by atoms with Crippen LogP contribution in [0.15, 0.2) is 205 Å². The van der Waals surface area contributed by atoms with E-state index >= 15 is 0 Å². The van der Waals surface area contributed by atoms with Crippen LogP contribution in [-0.4, -0.2) is 0 Å². The Hall–Kier alpha value is -6.90. The van der Waals surface area contributed by atoms with Crippen molar-refractivity contribution in [3.63, 3.8) is 0 Å². The highest BCUT2D eigenvalue weighted by atomic mass is 15.2. The standard InChI is InChI=1S/C53H40N2/c1-53(2)47-25-13-14-26-50(47)55(52-45-24-12-10-19-40(45)30-34-46(52)39-16-5-3-6-17-39)51-35-31-41(36-48(51)53)37-28-32-43(33-29-37)54(42-21-7-4-8-22-42)49-27-15-20-38-18-9-11-23-44(38)49/h3-36H,1-2H3/i1D3,2D3,3D,4D,5D,6D,7D,8D,9D,10D,11D,12D,13D,14D,15D,16D,17D,18D,19D,20D,21D,22D,23D,24D,25D,26D,27D,28D,29D,30D,31D,32D,33D,34D,35D,36D. The second-order valence-electron chi connectivity index (χ2n) is 11.5. The molecule has 0 saturated heterocycles. The van der Waals surface area contributed by atoms with Crippen LogP contribution in [-0.2, 0) is 5.41 Å². The van der Waals surface area contributed by atoms with Gasteiger partial charge < -0.3 is 9.80 Å². The lowest BCUT2D eigenvalue weighted by Gasteiger charge is -2.43. The van der Waals surface area contributed by atoms with E-state index in [0.29, 0.717) is 0 Å². The quantitative estimate of drug-likeness (QED) is 0.167. The summed E-state index contributed by atoms with van der Waals surface area (Å²) in [6.07, 6.45) is 0. The minimum absolute atomic E-state index is 0.255. The number of fused-ring (bicyclic) bond motifs is 4. The molecule has 10 rings (SSSR count). The van der Waals surface area contributed by atoms with Gasteiger partial charge in [-0.2, -0.15) is 0 Å². The van der Waals surface area contributed by atoms with Crippen LogP contribution in [0.3, 0.4) is 0 Å². The first-order valence-corrected chi connectivity index (χ1v) is 15.8. The number of para-hydroxylation sites is 2. The molecule has 0 bridgehead atoms. The van der Waals surface area contributed by atoms with Crippen LogP contribution in [0.4, 0.5) is 34.1 Å². The maximum Gasteiger partial charge on any atom is 0.0645 e. The molecule has 0 spiro atoms. The lowest BCUT2D eigenvalue weighted by molar-refractivity contribution is 0.632. The molecule has 0 saturated carbocycles. The van der Waals surface area contributed by atoms with Crippen LogP contribution in [0.5, 0.6) is 0 Å².